The molecule has 0 aliphatic carbocycles. The normalized spacial score (nSPS) is 20.0. The Morgan fingerprint density at radius 1 is 1.46 bits per heavy atom. The molecule has 1 aliphatic heterocycles. The van der Waals surface area contributed by atoms with Crippen LogP contribution in [0.25, 0.3) is 0 Å². The number of furan rings is 1. The van der Waals surface area contributed by atoms with Crippen molar-refractivity contribution in [2.75, 3.05) is 6.54 Å². The van der Waals surface area contributed by atoms with Crippen molar-refractivity contribution in [3.8, 4) is 0 Å². The molecule has 3 heterocycles. The van der Waals surface area contributed by atoms with Crippen LogP contribution in [0, 0.1) is 6.92 Å². The second kappa shape index (κ2) is 7.21. The van der Waals surface area contributed by atoms with Gasteiger partial charge in [-0.15, -0.1) is 0 Å². The summed E-state index contributed by atoms with van der Waals surface area (Å²) in [6, 6.07) is 3.56. The zero-order valence-electron chi connectivity index (χ0n) is 14.3. The van der Waals surface area contributed by atoms with Crippen molar-refractivity contribution in [3.05, 3.63) is 41.6 Å². The van der Waals surface area contributed by atoms with Crippen LogP contribution in [0.15, 0.2) is 29.0 Å². The minimum atomic E-state index is -0.687. The van der Waals surface area contributed by atoms with Crippen LogP contribution in [0.4, 0.5) is 0 Å². The molecule has 6 nitrogen and oxygen atoms in total. The van der Waals surface area contributed by atoms with Crippen molar-refractivity contribution in [1.29, 1.82) is 0 Å². The summed E-state index contributed by atoms with van der Waals surface area (Å²) in [5.74, 6) is 0.573. The number of likely N-dealkylation sites (tertiary alicyclic amines) is 1. The van der Waals surface area contributed by atoms with Crippen molar-refractivity contribution in [2.24, 2.45) is 7.05 Å². The largest absolute Gasteiger partial charge is 0.467 e. The quantitative estimate of drug-likeness (QED) is 0.935. The Morgan fingerprint density at radius 2 is 2.29 bits per heavy atom. The van der Waals surface area contributed by atoms with E-state index in [4.69, 9.17) is 4.42 Å². The first kappa shape index (κ1) is 16.8. The van der Waals surface area contributed by atoms with E-state index in [1.165, 1.54) is 0 Å². The van der Waals surface area contributed by atoms with Crippen LogP contribution in [0.5, 0.6) is 0 Å². The molecule has 1 fully saturated rings. The first-order valence-corrected chi connectivity index (χ1v) is 8.59. The molecule has 6 heteroatoms. The highest BCUT2D eigenvalue weighted by atomic mass is 16.4. The van der Waals surface area contributed by atoms with Gasteiger partial charge in [0.25, 0.3) is 5.91 Å². The summed E-state index contributed by atoms with van der Waals surface area (Å²) in [6.07, 6.45) is 7.11. The molecule has 0 saturated carbocycles. The number of hydrogen-bond donors (Lipinski definition) is 1. The molecular weight excluding hydrogens is 306 g/mol. The number of aromatic nitrogens is 2. The van der Waals surface area contributed by atoms with Crippen molar-refractivity contribution in [3.63, 3.8) is 0 Å². The Morgan fingerprint density at radius 3 is 2.96 bits per heavy atom. The topological polar surface area (TPSA) is 71.5 Å². The van der Waals surface area contributed by atoms with E-state index >= 15 is 0 Å². The fourth-order valence-electron chi connectivity index (χ4n) is 3.41. The molecule has 2 atom stereocenters. The SMILES string of the molecule is Cc1c(C(=O)N2CCCCC[C@H]2C[C@@H](O)c2ccco2)cnn1C. The predicted octanol–water partition coefficient (Wildman–Crippen LogP) is 2.83. The summed E-state index contributed by atoms with van der Waals surface area (Å²) in [7, 11) is 1.84. The van der Waals surface area contributed by atoms with Gasteiger partial charge < -0.3 is 14.4 Å². The van der Waals surface area contributed by atoms with Crippen LogP contribution in [0.3, 0.4) is 0 Å². The van der Waals surface area contributed by atoms with Crippen LogP contribution in [0.1, 0.15) is 60.0 Å². The molecule has 0 aromatic carbocycles. The molecule has 3 rings (SSSR count). The van der Waals surface area contributed by atoms with Crippen molar-refractivity contribution in [1.82, 2.24) is 14.7 Å². The maximum Gasteiger partial charge on any atom is 0.257 e. The van der Waals surface area contributed by atoms with E-state index < -0.39 is 6.10 Å². The van der Waals surface area contributed by atoms with Crippen molar-refractivity contribution in [2.45, 2.75) is 51.2 Å². The van der Waals surface area contributed by atoms with E-state index in [-0.39, 0.29) is 11.9 Å². The van der Waals surface area contributed by atoms with Gasteiger partial charge in [0, 0.05) is 31.7 Å². The average molecular weight is 331 g/mol. The summed E-state index contributed by atoms with van der Waals surface area (Å²) in [6.45, 7) is 2.63. The molecule has 0 bridgehead atoms. The third kappa shape index (κ3) is 3.38. The van der Waals surface area contributed by atoms with Crippen molar-refractivity contribution >= 4 is 5.91 Å². The first-order valence-electron chi connectivity index (χ1n) is 8.59. The highest BCUT2D eigenvalue weighted by Gasteiger charge is 2.30. The summed E-state index contributed by atoms with van der Waals surface area (Å²) < 4.78 is 7.02. The Hall–Kier alpha value is -2.08. The first-order chi connectivity index (χ1) is 11.6. The standard InChI is InChI=1S/C18H25N3O3/c1-13-15(12-19-20(13)2)18(23)21-9-5-3-4-7-14(21)11-16(22)17-8-6-10-24-17/h6,8,10,12,14,16,22H,3-5,7,9,11H2,1-2H3/t14-,16+/m0/s1. The Labute approximate surface area is 142 Å². The van der Waals surface area contributed by atoms with Crippen LogP contribution in [-0.2, 0) is 7.05 Å². The number of rotatable bonds is 4. The lowest BCUT2D eigenvalue weighted by Crippen LogP contribution is -2.41. The monoisotopic (exact) mass is 331 g/mol. The molecule has 130 valence electrons. The number of aliphatic hydroxyl groups is 1. The Bertz CT molecular complexity index is 678. The second-order valence-corrected chi connectivity index (χ2v) is 6.54. The van der Waals surface area contributed by atoms with E-state index in [9.17, 15) is 9.90 Å². The Balaban J connectivity index is 1.79. The molecule has 0 spiro atoms. The van der Waals surface area contributed by atoms with Gasteiger partial charge in [0.1, 0.15) is 11.9 Å². The number of amides is 1. The molecule has 24 heavy (non-hydrogen) atoms. The molecular formula is C18H25N3O3. The maximum absolute atomic E-state index is 13.0. The smallest absolute Gasteiger partial charge is 0.257 e. The molecule has 1 saturated heterocycles. The highest BCUT2D eigenvalue weighted by Crippen LogP contribution is 2.28. The number of carbonyl (C=O) groups excluding carboxylic acids is 1. The van der Waals surface area contributed by atoms with Crippen LogP contribution >= 0.6 is 0 Å². The fraction of sp³-hybridized carbons (Fsp3) is 0.556. The van der Waals surface area contributed by atoms with Gasteiger partial charge in [-0.1, -0.05) is 12.8 Å². The number of carbonyl (C=O) groups is 1. The van der Waals surface area contributed by atoms with Gasteiger partial charge in [-0.05, 0) is 31.9 Å². The molecule has 1 amide bonds. The highest BCUT2D eigenvalue weighted by molar-refractivity contribution is 5.95. The minimum Gasteiger partial charge on any atom is -0.467 e. The number of aryl methyl sites for hydroxylation is 1. The van der Waals surface area contributed by atoms with Gasteiger partial charge in [-0.2, -0.15) is 5.10 Å². The zero-order valence-corrected chi connectivity index (χ0v) is 14.3. The number of aliphatic hydroxyl groups excluding tert-OH is 1. The molecule has 0 radical (unpaired) electrons. The van der Waals surface area contributed by atoms with Crippen LogP contribution < -0.4 is 0 Å². The van der Waals surface area contributed by atoms with E-state index in [1.54, 1.807) is 29.3 Å². The lowest BCUT2D eigenvalue weighted by Gasteiger charge is -2.31. The van der Waals surface area contributed by atoms with E-state index in [1.807, 2.05) is 18.9 Å². The van der Waals surface area contributed by atoms with Crippen molar-refractivity contribution < 1.29 is 14.3 Å². The van der Waals surface area contributed by atoms with Gasteiger partial charge in [0.15, 0.2) is 0 Å². The average Bonchev–Trinajstić information content (AvgIpc) is 3.15. The zero-order chi connectivity index (χ0) is 17.1. The molecule has 0 unspecified atom stereocenters. The fourth-order valence-corrected chi connectivity index (χ4v) is 3.41. The van der Waals surface area contributed by atoms with E-state index in [0.717, 1.165) is 37.9 Å². The van der Waals surface area contributed by atoms with Gasteiger partial charge in [0.2, 0.25) is 0 Å². The summed E-state index contributed by atoms with van der Waals surface area (Å²) in [4.78, 5) is 15.0. The predicted molar refractivity (Wildman–Crippen MR) is 89.5 cm³/mol. The number of nitrogens with zero attached hydrogens (tertiary/aromatic N) is 3. The minimum absolute atomic E-state index is 0.0131. The van der Waals surface area contributed by atoms with Crippen LogP contribution in [-0.4, -0.2) is 38.3 Å². The number of hydrogen-bond acceptors (Lipinski definition) is 4. The third-order valence-corrected chi connectivity index (χ3v) is 4.97. The van der Waals surface area contributed by atoms with Gasteiger partial charge in [-0.3, -0.25) is 9.48 Å². The lowest BCUT2D eigenvalue weighted by molar-refractivity contribution is 0.0556. The second-order valence-electron chi connectivity index (χ2n) is 6.54. The lowest BCUT2D eigenvalue weighted by atomic mass is 10.0. The van der Waals surface area contributed by atoms with E-state index in [2.05, 4.69) is 5.10 Å². The van der Waals surface area contributed by atoms with Gasteiger partial charge >= 0.3 is 0 Å². The molecule has 2 aromatic rings. The maximum atomic E-state index is 13.0. The Kier molecular flexibility index (Phi) is 5.04. The molecule has 1 N–H and O–H groups in total. The van der Waals surface area contributed by atoms with Gasteiger partial charge in [-0.25, -0.2) is 0 Å². The summed E-state index contributed by atoms with van der Waals surface area (Å²) in [5, 5.41) is 14.6. The molecule has 2 aromatic heterocycles. The van der Waals surface area contributed by atoms with Gasteiger partial charge in [0.05, 0.1) is 18.0 Å². The summed E-state index contributed by atoms with van der Waals surface area (Å²) >= 11 is 0. The summed E-state index contributed by atoms with van der Waals surface area (Å²) in [5.41, 5.74) is 1.52. The van der Waals surface area contributed by atoms with Crippen LogP contribution in [0.2, 0.25) is 0 Å². The molecule has 1 aliphatic rings. The third-order valence-electron chi connectivity index (χ3n) is 4.97. The van der Waals surface area contributed by atoms with E-state index in [0.29, 0.717) is 17.7 Å².